The van der Waals surface area contributed by atoms with Crippen LogP contribution in [0.4, 0.5) is 0 Å². The monoisotopic (exact) mass is 386 g/mol. The summed E-state index contributed by atoms with van der Waals surface area (Å²) >= 11 is 2.02. The minimum atomic E-state index is -1.55. The second-order valence-corrected chi connectivity index (χ2v) is 13.6. The number of hydrogen-bond donors (Lipinski definition) is 1. The summed E-state index contributed by atoms with van der Waals surface area (Å²) in [6.07, 6.45) is 5.21. The van der Waals surface area contributed by atoms with Gasteiger partial charge in [-0.1, -0.05) is 87.1 Å². The molecule has 0 unspecified atom stereocenters. The summed E-state index contributed by atoms with van der Waals surface area (Å²) in [5, 5.41) is 12.8. The molecule has 0 aromatic heterocycles. The third kappa shape index (κ3) is 5.40. The van der Waals surface area contributed by atoms with Crippen molar-refractivity contribution >= 4 is 25.0 Å². The molecule has 0 aliphatic carbocycles. The van der Waals surface area contributed by atoms with Gasteiger partial charge in [0.25, 0.3) is 0 Å². The van der Waals surface area contributed by atoms with Crippen molar-refractivity contribution in [3.8, 4) is 5.75 Å². The highest BCUT2D eigenvalue weighted by atomic mass is 32.2. The normalized spacial score (nSPS) is 11.7. The number of phenols is 1. The van der Waals surface area contributed by atoms with Crippen LogP contribution in [0, 0.1) is 13.8 Å². The van der Waals surface area contributed by atoms with Gasteiger partial charge in [0.1, 0.15) is 5.75 Å². The summed E-state index contributed by atoms with van der Waals surface area (Å²) in [5.74, 6) is 0.412. The molecular weight excluding hydrogens is 352 g/mol. The van der Waals surface area contributed by atoms with Gasteiger partial charge >= 0.3 is 0 Å². The molecule has 1 N–H and O–H groups in total. The molecule has 0 saturated heterocycles. The molecule has 142 valence electrons. The molecule has 0 bridgehead atoms. The molecule has 0 atom stereocenters. The van der Waals surface area contributed by atoms with E-state index < -0.39 is 8.07 Å². The highest BCUT2D eigenvalue weighted by Crippen LogP contribution is 2.33. The van der Waals surface area contributed by atoms with E-state index in [0.29, 0.717) is 5.75 Å². The van der Waals surface area contributed by atoms with Gasteiger partial charge < -0.3 is 5.11 Å². The van der Waals surface area contributed by atoms with Crippen molar-refractivity contribution in [2.24, 2.45) is 0 Å². The van der Waals surface area contributed by atoms with Gasteiger partial charge in [0, 0.05) is 4.90 Å². The molecule has 2 aromatic carbocycles. The molecule has 0 aliphatic heterocycles. The zero-order valence-electron chi connectivity index (χ0n) is 16.8. The van der Waals surface area contributed by atoms with E-state index in [1.165, 1.54) is 53.6 Å². The molecule has 0 fully saturated rings. The standard InChI is InChI=1S/C23H34OSSi/c1-5-7-14-26(15-8-6-2,21-12-10-9-11-13-21)18-25-23-17-19(3)22(24)16-20(23)4/h9-13,16-17,24H,5-8,14-15,18H2,1-4H3. The fraction of sp³-hybridized carbons (Fsp3) is 0.478. The van der Waals surface area contributed by atoms with Crippen molar-refractivity contribution in [2.75, 3.05) is 5.38 Å². The predicted octanol–water partition coefficient (Wildman–Crippen LogP) is 6.60. The van der Waals surface area contributed by atoms with Crippen LogP contribution in [0.1, 0.15) is 50.7 Å². The average Bonchev–Trinajstić information content (AvgIpc) is 2.66. The Hall–Kier alpha value is -1.19. The van der Waals surface area contributed by atoms with E-state index in [0.717, 1.165) is 5.56 Å². The first-order chi connectivity index (χ1) is 12.5. The van der Waals surface area contributed by atoms with Crippen LogP contribution in [-0.4, -0.2) is 18.6 Å². The molecule has 1 nitrogen and oxygen atoms in total. The number of aryl methyl sites for hydroxylation is 2. The Kier molecular flexibility index (Phi) is 8.30. The Bertz CT molecular complexity index is 676. The summed E-state index contributed by atoms with van der Waals surface area (Å²) in [5.41, 5.74) is 2.17. The largest absolute Gasteiger partial charge is 0.508 e. The zero-order valence-corrected chi connectivity index (χ0v) is 18.7. The van der Waals surface area contributed by atoms with Crippen LogP contribution >= 0.6 is 11.8 Å². The van der Waals surface area contributed by atoms with Gasteiger partial charge in [-0.2, -0.15) is 0 Å². The highest BCUT2D eigenvalue weighted by molar-refractivity contribution is 8.01. The quantitative estimate of drug-likeness (QED) is 0.367. The molecule has 26 heavy (non-hydrogen) atoms. The van der Waals surface area contributed by atoms with Crippen LogP contribution < -0.4 is 5.19 Å². The Morgan fingerprint density at radius 1 is 0.885 bits per heavy atom. The maximum atomic E-state index is 9.96. The van der Waals surface area contributed by atoms with Crippen LogP contribution in [0.25, 0.3) is 0 Å². The van der Waals surface area contributed by atoms with Crippen LogP contribution in [0.3, 0.4) is 0 Å². The summed E-state index contributed by atoms with van der Waals surface area (Å²) in [6.45, 7) is 8.73. The lowest BCUT2D eigenvalue weighted by Crippen LogP contribution is -2.50. The SMILES string of the molecule is CCCC[Si](CCCC)(CSc1cc(C)c(O)cc1C)c1ccccc1. The number of unbranched alkanes of at least 4 members (excludes halogenated alkanes) is 2. The summed E-state index contributed by atoms with van der Waals surface area (Å²) in [6, 6.07) is 18.2. The van der Waals surface area contributed by atoms with Crippen molar-refractivity contribution in [3.05, 3.63) is 53.6 Å². The van der Waals surface area contributed by atoms with E-state index in [4.69, 9.17) is 0 Å². The molecule has 2 aromatic rings. The summed E-state index contributed by atoms with van der Waals surface area (Å²) in [7, 11) is -1.55. The van der Waals surface area contributed by atoms with Gasteiger partial charge in [-0.25, -0.2) is 0 Å². The third-order valence-electron chi connectivity index (χ3n) is 5.40. The van der Waals surface area contributed by atoms with Gasteiger partial charge in [0.05, 0.1) is 8.07 Å². The Balaban J connectivity index is 2.31. The number of thioether (sulfide) groups is 1. The Morgan fingerprint density at radius 2 is 1.50 bits per heavy atom. The Labute approximate surface area is 165 Å². The highest BCUT2D eigenvalue weighted by Gasteiger charge is 2.34. The van der Waals surface area contributed by atoms with E-state index in [1.807, 2.05) is 24.8 Å². The molecule has 0 aliphatic rings. The second-order valence-electron chi connectivity index (χ2n) is 7.55. The lowest BCUT2D eigenvalue weighted by Gasteiger charge is -2.33. The van der Waals surface area contributed by atoms with Crippen molar-refractivity contribution in [2.45, 2.75) is 70.4 Å². The molecule has 2 rings (SSSR count). The van der Waals surface area contributed by atoms with E-state index in [-0.39, 0.29) is 0 Å². The first-order valence-corrected chi connectivity index (χ1v) is 13.6. The van der Waals surface area contributed by atoms with E-state index >= 15 is 0 Å². The molecular formula is C23H34OSSi. The van der Waals surface area contributed by atoms with Gasteiger partial charge in [-0.15, -0.1) is 11.8 Å². The maximum Gasteiger partial charge on any atom is 0.118 e. The molecule has 0 spiro atoms. The molecule has 0 radical (unpaired) electrons. The lowest BCUT2D eigenvalue weighted by atomic mass is 10.1. The summed E-state index contributed by atoms with van der Waals surface area (Å²) in [4.78, 5) is 1.33. The van der Waals surface area contributed by atoms with Crippen molar-refractivity contribution in [1.82, 2.24) is 0 Å². The number of phenolic OH excluding ortho intramolecular Hbond substituents is 1. The third-order valence-corrected chi connectivity index (χ3v) is 13.1. The Morgan fingerprint density at radius 3 is 2.08 bits per heavy atom. The molecule has 0 saturated carbocycles. The summed E-state index contributed by atoms with van der Waals surface area (Å²) < 4.78 is 0. The predicted molar refractivity (Wildman–Crippen MR) is 120 cm³/mol. The fourth-order valence-electron chi connectivity index (χ4n) is 3.61. The number of benzene rings is 2. The van der Waals surface area contributed by atoms with Gasteiger partial charge in [-0.3, -0.25) is 0 Å². The van der Waals surface area contributed by atoms with Crippen LogP contribution in [0.5, 0.6) is 5.75 Å². The number of aromatic hydroxyl groups is 1. The second kappa shape index (κ2) is 10.2. The number of rotatable bonds is 10. The number of hydrogen-bond acceptors (Lipinski definition) is 2. The zero-order chi connectivity index (χ0) is 19.0. The van der Waals surface area contributed by atoms with Crippen molar-refractivity contribution in [1.29, 1.82) is 0 Å². The molecule has 3 heteroatoms. The van der Waals surface area contributed by atoms with E-state index in [9.17, 15) is 5.11 Å². The smallest absolute Gasteiger partial charge is 0.118 e. The van der Waals surface area contributed by atoms with Gasteiger partial charge in [-0.05, 0) is 42.5 Å². The van der Waals surface area contributed by atoms with Crippen molar-refractivity contribution in [3.63, 3.8) is 0 Å². The first-order valence-electron chi connectivity index (χ1n) is 10.0. The fourth-order valence-corrected chi connectivity index (χ4v) is 11.5. The lowest BCUT2D eigenvalue weighted by molar-refractivity contribution is 0.470. The molecule has 0 heterocycles. The average molecular weight is 387 g/mol. The van der Waals surface area contributed by atoms with Gasteiger partial charge in [0.2, 0.25) is 0 Å². The van der Waals surface area contributed by atoms with Crippen LogP contribution in [0.2, 0.25) is 12.1 Å². The van der Waals surface area contributed by atoms with Crippen LogP contribution in [0.15, 0.2) is 47.4 Å². The maximum absolute atomic E-state index is 9.96. The van der Waals surface area contributed by atoms with E-state index in [1.54, 1.807) is 5.19 Å². The van der Waals surface area contributed by atoms with Crippen molar-refractivity contribution < 1.29 is 5.11 Å². The first kappa shape index (κ1) is 21.1. The van der Waals surface area contributed by atoms with Gasteiger partial charge in [0.15, 0.2) is 0 Å². The molecule has 0 amide bonds. The topological polar surface area (TPSA) is 20.2 Å². The van der Waals surface area contributed by atoms with E-state index in [2.05, 4.69) is 57.2 Å². The minimum Gasteiger partial charge on any atom is -0.508 e. The minimum absolute atomic E-state index is 0.412. The van der Waals surface area contributed by atoms with Crippen LogP contribution in [-0.2, 0) is 0 Å².